The smallest absolute Gasteiger partial charge is 0.331 e. The van der Waals surface area contributed by atoms with E-state index in [0.29, 0.717) is 23.8 Å². The molecule has 1 saturated heterocycles. The Morgan fingerprint density at radius 3 is 2.90 bits per heavy atom. The summed E-state index contributed by atoms with van der Waals surface area (Å²) in [5, 5.41) is 12.5. The standard InChI is InChI=1S/C14H16ClNO4S/c15-11-3-1-2-10(6-11)7-21-8-12(17)16-14(13(18)19)4-5-20-9-14/h1-3,6H,4-5,7-9H2,(H,16,17)(H,18,19). The van der Waals surface area contributed by atoms with Crippen LogP contribution in [-0.4, -0.2) is 41.5 Å². The molecule has 7 heteroatoms. The summed E-state index contributed by atoms with van der Waals surface area (Å²) in [6.07, 6.45) is 0.299. The molecule has 2 rings (SSSR count). The van der Waals surface area contributed by atoms with Gasteiger partial charge in [-0.1, -0.05) is 23.7 Å². The first-order valence-electron chi connectivity index (χ1n) is 6.46. The number of hydrogen-bond donors (Lipinski definition) is 2. The van der Waals surface area contributed by atoms with Gasteiger partial charge in [-0.05, 0) is 17.7 Å². The molecule has 1 aliphatic heterocycles. The summed E-state index contributed by atoms with van der Waals surface area (Å²) in [6, 6.07) is 7.42. The number of carboxylic acid groups (broad SMARTS) is 1. The molecule has 1 aliphatic rings. The average molecular weight is 330 g/mol. The number of amides is 1. The minimum absolute atomic E-state index is 0.0209. The second-order valence-electron chi connectivity index (χ2n) is 4.86. The molecule has 0 radical (unpaired) electrons. The van der Waals surface area contributed by atoms with Crippen molar-refractivity contribution in [1.29, 1.82) is 0 Å². The van der Waals surface area contributed by atoms with Gasteiger partial charge >= 0.3 is 5.97 Å². The van der Waals surface area contributed by atoms with E-state index in [2.05, 4.69) is 5.32 Å². The van der Waals surface area contributed by atoms with Gasteiger partial charge in [0, 0.05) is 23.8 Å². The second kappa shape index (κ2) is 7.15. The Bertz CT molecular complexity index is 531. The number of carbonyl (C=O) groups excluding carboxylic acids is 1. The normalized spacial score (nSPS) is 21.2. The Labute approximate surface area is 132 Å². The number of rotatable bonds is 6. The number of aliphatic carboxylic acids is 1. The Kier molecular flexibility index (Phi) is 5.50. The van der Waals surface area contributed by atoms with Gasteiger partial charge in [0.1, 0.15) is 0 Å². The first-order chi connectivity index (χ1) is 10.0. The predicted molar refractivity (Wildman–Crippen MR) is 81.6 cm³/mol. The number of carbonyl (C=O) groups is 2. The summed E-state index contributed by atoms with van der Waals surface area (Å²) in [7, 11) is 0. The highest BCUT2D eigenvalue weighted by atomic mass is 35.5. The molecule has 1 fully saturated rings. The van der Waals surface area contributed by atoms with Gasteiger partial charge in [0.2, 0.25) is 5.91 Å². The van der Waals surface area contributed by atoms with E-state index in [9.17, 15) is 14.7 Å². The number of ether oxygens (including phenoxy) is 1. The van der Waals surface area contributed by atoms with Crippen LogP contribution in [0, 0.1) is 0 Å². The lowest BCUT2D eigenvalue weighted by Gasteiger charge is -2.23. The fourth-order valence-corrected chi connectivity index (χ4v) is 3.06. The van der Waals surface area contributed by atoms with Gasteiger partial charge in [-0.15, -0.1) is 11.8 Å². The molecular formula is C14H16ClNO4S. The zero-order chi connectivity index (χ0) is 15.3. The van der Waals surface area contributed by atoms with Crippen LogP contribution in [0.1, 0.15) is 12.0 Å². The van der Waals surface area contributed by atoms with Crippen molar-refractivity contribution in [3.05, 3.63) is 34.9 Å². The second-order valence-corrected chi connectivity index (χ2v) is 6.28. The molecule has 5 nitrogen and oxygen atoms in total. The average Bonchev–Trinajstić information content (AvgIpc) is 2.88. The molecule has 1 amide bonds. The minimum Gasteiger partial charge on any atom is -0.479 e. The van der Waals surface area contributed by atoms with E-state index in [1.165, 1.54) is 11.8 Å². The van der Waals surface area contributed by atoms with Crippen molar-refractivity contribution in [2.24, 2.45) is 0 Å². The summed E-state index contributed by atoms with van der Waals surface area (Å²) in [6.45, 7) is 0.370. The fraction of sp³-hybridized carbons (Fsp3) is 0.429. The molecule has 0 spiro atoms. The molecule has 0 aliphatic carbocycles. The van der Waals surface area contributed by atoms with Crippen molar-refractivity contribution in [1.82, 2.24) is 5.32 Å². The predicted octanol–water partition coefficient (Wildman–Crippen LogP) is 1.93. The van der Waals surface area contributed by atoms with Crippen LogP contribution in [0.3, 0.4) is 0 Å². The highest BCUT2D eigenvalue weighted by Crippen LogP contribution is 2.20. The van der Waals surface area contributed by atoms with E-state index >= 15 is 0 Å². The van der Waals surface area contributed by atoms with Gasteiger partial charge in [0.25, 0.3) is 0 Å². The summed E-state index contributed by atoms with van der Waals surface area (Å²) >= 11 is 7.30. The quantitative estimate of drug-likeness (QED) is 0.834. The number of nitrogens with one attached hydrogen (secondary N) is 1. The monoisotopic (exact) mass is 329 g/mol. The highest BCUT2D eigenvalue weighted by Gasteiger charge is 2.43. The van der Waals surface area contributed by atoms with Gasteiger partial charge in [0.15, 0.2) is 5.54 Å². The first-order valence-corrected chi connectivity index (χ1v) is 7.99. The lowest BCUT2D eigenvalue weighted by Crippen LogP contribution is -2.55. The molecule has 0 bridgehead atoms. The van der Waals surface area contributed by atoms with Crippen LogP contribution >= 0.6 is 23.4 Å². The molecule has 1 aromatic rings. The number of hydrogen-bond acceptors (Lipinski definition) is 4. The zero-order valence-corrected chi connectivity index (χ0v) is 12.9. The van der Waals surface area contributed by atoms with E-state index in [1.54, 1.807) is 6.07 Å². The van der Waals surface area contributed by atoms with E-state index in [4.69, 9.17) is 16.3 Å². The molecule has 114 valence electrons. The Morgan fingerprint density at radius 1 is 1.48 bits per heavy atom. The van der Waals surface area contributed by atoms with Crippen LogP contribution in [0.25, 0.3) is 0 Å². The maximum Gasteiger partial charge on any atom is 0.331 e. The van der Waals surface area contributed by atoms with E-state index in [0.717, 1.165) is 5.56 Å². The third kappa shape index (κ3) is 4.36. The molecular weight excluding hydrogens is 314 g/mol. The van der Waals surface area contributed by atoms with Crippen molar-refractivity contribution in [2.45, 2.75) is 17.7 Å². The molecule has 21 heavy (non-hydrogen) atoms. The summed E-state index contributed by atoms with van der Waals surface area (Å²) < 4.78 is 5.09. The van der Waals surface area contributed by atoms with Crippen LogP contribution in [0.5, 0.6) is 0 Å². The lowest BCUT2D eigenvalue weighted by molar-refractivity contribution is -0.147. The van der Waals surface area contributed by atoms with Gasteiger partial charge in [-0.25, -0.2) is 4.79 Å². The van der Waals surface area contributed by atoms with E-state index < -0.39 is 11.5 Å². The third-order valence-electron chi connectivity index (χ3n) is 3.20. The van der Waals surface area contributed by atoms with Crippen LogP contribution in [0.2, 0.25) is 5.02 Å². The largest absolute Gasteiger partial charge is 0.479 e. The Hall–Kier alpha value is -1.24. The minimum atomic E-state index is -1.27. The van der Waals surface area contributed by atoms with Crippen molar-refractivity contribution in [2.75, 3.05) is 19.0 Å². The SMILES string of the molecule is O=C(CSCc1cccc(Cl)c1)NC1(C(=O)O)CCOC1. The Morgan fingerprint density at radius 2 is 2.29 bits per heavy atom. The van der Waals surface area contributed by atoms with E-state index in [1.807, 2.05) is 18.2 Å². The third-order valence-corrected chi connectivity index (χ3v) is 4.44. The van der Waals surface area contributed by atoms with Crippen molar-refractivity contribution < 1.29 is 19.4 Å². The molecule has 0 saturated carbocycles. The molecule has 1 heterocycles. The van der Waals surface area contributed by atoms with E-state index in [-0.39, 0.29) is 18.3 Å². The van der Waals surface area contributed by atoms with Gasteiger partial charge in [-0.2, -0.15) is 0 Å². The molecule has 2 N–H and O–H groups in total. The summed E-state index contributed by atoms with van der Waals surface area (Å²) in [5.74, 6) is -0.505. The van der Waals surface area contributed by atoms with Crippen molar-refractivity contribution >= 4 is 35.2 Å². The lowest BCUT2D eigenvalue weighted by atomic mass is 9.99. The fourth-order valence-electron chi connectivity index (χ4n) is 2.08. The van der Waals surface area contributed by atoms with Crippen LogP contribution < -0.4 is 5.32 Å². The van der Waals surface area contributed by atoms with Gasteiger partial charge < -0.3 is 15.2 Å². The van der Waals surface area contributed by atoms with Gasteiger partial charge in [0.05, 0.1) is 12.4 Å². The molecule has 0 aromatic heterocycles. The molecule has 1 unspecified atom stereocenters. The maximum atomic E-state index is 11.9. The topological polar surface area (TPSA) is 75.6 Å². The Balaban J connectivity index is 1.81. The summed E-state index contributed by atoms with van der Waals surface area (Å²) in [4.78, 5) is 23.2. The zero-order valence-electron chi connectivity index (χ0n) is 11.3. The van der Waals surface area contributed by atoms with Crippen molar-refractivity contribution in [3.63, 3.8) is 0 Å². The summed E-state index contributed by atoms with van der Waals surface area (Å²) in [5.41, 5.74) is -0.245. The number of halogens is 1. The molecule has 1 aromatic carbocycles. The van der Waals surface area contributed by atoms with Crippen molar-refractivity contribution in [3.8, 4) is 0 Å². The molecule has 1 atom stereocenters. The van der Waals surface area contributed by atoms with Crippen LogP contribution in [0.4, 0.5) is 0 Å². The number of thioether (sulfide) groups is 1. The number of carboxylic acids is 1. The van der Waals surface area contributed by atoms with Gasteiger partial charge in [-0.3, -0.25) is 4.79 Å². The first kappa shape index (κ1) is 16.1. The highest BCUT2D eigenvalue weighted by molar-refractivity contribution is 7.99. The number of benzene rings is 1. The maximum absolute atomic E-state index is 11.9. The van der Waals surface area contributed by atoms with Crippen LogP contribution in [-0.2, 0) is 20.1 Å². The van der Waals surface area contributed by atoms with Crippen LogP contribution in [0.15, 0.2) is 24.3 Å².